The Hall–Kier alpha value is -2.24. The maximum Gasteiger partial charge on any atom is 0.272 e. The molecule has 2 aromatic carbocycles. The Morgan fingerprint density at radius 2 is 1.95 bits per heavy atom. The summed E-state index contributed by atoms with van der Waals surface area (Å²) >= 11 is 0. The standard InChI is InChI=1S/C16H16N2O3/c17-15(8-12-3-1-2-4-16(12)18(19)20)11-5-6-13-9-21-10-14(13)7-11/h1-7,15H,8-10,17H2. The van der Waals surface area contributed by atoms with Crippen LogP contribution in [0.2, 0.25) is 0 Å². The number of nitrogens with zero attached hydrogens (tertiary/aromatic N) is 1. The molecule has 1 aliphatic heterocycles. The van der Waals surface area contributed by atoms with Gasteiger partial charge in [0, 0.05) is 17.7 Å². The summed E-state index contributed by atoms with van der Waals surface area (Å²) < 4.78 is 5.39. The maximum atomic E-state index is 11.0. The lowest BCUT2D eigenvalue weighted by molar-refractivity contribution is -0.385. The van der Waals surface area contributed by atoms with Crippen molar-refractivity contribution in [2.75, 3.05) is 0 Å². The number of hydrogen-bond acceptors (Lipinski definition) is 4. The van der Waals surface area contributed by atoms with E-state index in [1.165, 1.54) is 11.6 Å². The van der Waals surface area contributed by atoms with Gasteiger partial charge in [0.1, 0.15) is 0 Å². The Kier molecular flexibility index (Phi) is 3.68. The van der Waals surface area contributed by atoms with E-state index in [9.17, 15) is 10.1 Å². The minimum absolute atomic E-state index is 0.123. The van der Waals surface area contributed by atoms with E-state index < -0.39 is 0 Å². The molecule has 1 atom stereocenters. The first-order valence-electron chi connectivity index (χ1n) is 6.82. The van der Waals surface area contributed by atoms with Gasteiger partial charge in [0.05, 0.1) is 18.1 Å². The molecule has 5 heteroatoms. The molecule has 0 saturated heterocycles. The van der Waals surface area contributed by atoms with Gasteiger partial charge in [-0.3, -0.25) is 10.1 Å². The van der Waals surface area contributed by atoms with Crippen LogP contribution >= 0.6 is 0 Å². The van der Waals surface area contributed by atoms with Gasteiger partial charge in [-0.05, 0) is 23.1 Å². The van der Waals surface area contributed by atoms with Crippen LogP contribution in [0.25, 0.3) is 0 Å². The molecule has 0 amide bonds. The second-order valence-corrected chi connectivity index (χ2v) is 5.22. The Morgan fingerprint density at radius 3 is 2.76 bits per heavy atom. The summed E-state index contributed by atoms with van der Waals surface area (Å²) in [6.45, 7) is 1.26. The van der Waals surface area contributed by atoms with Crippen LogP contribution in [0.5, 0.6) is 0 Å². The van der Waals surface area contributed by atoms with Gasteiger partial charge in [0.25, 0.3) is 5.69 Å². The topological polar surface area (TPSA) is 78.4 Å². The molecule has 1 heterocycles. The number of benzene rings is 2. The highest BCUT2D eigenvalue weighted by atomic mass is 16.6. The fraction of sp³-hybridized carbons (Fsp3) is 0.250. The first-order valence-corrected chi connectivity index (χ1v) is 6.82. The third kappa shape index (κ3) is 2.79. The van der Waals surface area contributed by atoms with E-state index in [-0.39, 0.29) is 16.7 Å². The highest BCUT2D eigenvalue weighted by molar-refractivity contribution is 5.42. The van der Waals surface area contributed by atoms with Crippen molar-refractivity contribution in [2.24, 2.45) is 5.73 Å². The molecule has 108 valence electrons. The SMILES string of the molecule is NC(Cc1ccccc1[N+](=O)[O-])c1ccc2c(c1)COC2. The maximum absolute atomic E-state index is 11.0. The van der Waals surface area contributed by atoms with Crippen molar-refractivity contribution in [3.63, 3.8) is 0 Å². The van der Waals surface area contributed by atoms with E-state index in [0.717, 1.165) is 11.1 Å². The zero-order valence-corrected chi connectivity index (χ0v) is 11.5. The summed E-state index contributed by atoms with van der Waals surface area (Å²) in [4.78, 5) is 10.7. The van der Waals surface area contributed by atoms with Crippen LogP contribution < -0.4 is 5.73 Å². The van der Waals surface area contributed by atoms with E-state index in [2.05, 4.69) is 0 Å². The molecule has 1 unspecified atom stereocenters. The molecule has 2 N–H and O–H groups in total. The molecule has 21 heavy (non-hydrogen) atoms. The molecule has 3 rings (SSSR count). The normalized spacial score (nSPS) is 14.7. The van der Waals surface area contributed by atoms with Crippen LogP contribution in [-0.2, 0) is 24.4 Å². The van der Waals surface area contributed by atoms with Crippen molar-refractivity contribution in [3.05, 3.63) is 74.8 Å². The molecule has 2 aromatic rings. The molecule has 0 aromatic heterocycles. The highest BCUT2D eigenvalue weighted by Crippen LogP contribution is 2.27. The number of nitro groups is 1. The summed E-state index contributed by atoms with van der Waals surface area (Å²) in [5.41, 5.74) is 10.3. The van der Waals surface area contributed by atoms with Gasteiger partial charge >= 0.3 is 0 Å². The van der Waals surface area contributed by atoms with Crippen LogP contribution in [0.3, 0.4) is 0 Å². The number of fused-ring (bicyclic) bond motifs is 1. The van der Waals surface area contributed by atoms with Crippen molar-refractivity contribution >= 4 is 5.69 Å². The summed E-state index contributed by atoms with van der Waals surface area (Å²) in [6, 6.07) is 12.5. The fourth-order valence-corrected chi connectivity index (χ4v) is 2.64. The molecular formula is C16H16N2O3. The van der Waals surface area contributed by atoms with Gasteiger partial charge in [0.2, 0.25) is 0 Å². The second-order valence-electron chi connectivity index (χ2n) is 5.22. The van der Waals surface area contributed by atoms with Crippen LogP contribution in [-0.4, -0.2) is 4.92 Å². The van der Waals surface area contributed by atoms with Crippen molar-refractivity contribution in [3.8, 4) is 0 Å². The minimum Gasteiger partial charge on any atom is -0.372 e. The molecule has 0 fully saturated rings. The van der Waals surface area contributed by atoms with E-state index in [1.54, 1.807) is 18.2 Å². The van der Waals surface area contributed by atoms with Gasteiger partial charge in [-0.2, -0.15) is 0 Å². The first-order chi connectivity index (χ1) is 10.1. The van der Waals surface area contributed by atoms with Gasteiger partial charge in [-0.25, -0.2) is 0 Å². The third-order valence-electron chi connectivity index (χ3n) is 3.80. The van der Waals surface area contributed by atoms with Crippen molar-refractivity contribution < 1.29 is 9.66 Å². The molecule has 0 radical (unpaired) electrons. The van der Waals surface area contributed by atoms with Crippen LogP contribution in [0, 0.1) is 10.1 Å². The van der Waals surface area contributed by atoms with Crippen LogP contribution in [0.15, 0.2) is 42.5 Å². The Labute approximate surface area is 122 Å². The smallest absolute Gasteiger partial charge is 0.272 e. The van der Waals surface area contributed by atoms with E-state index in [0.29, 0.717) is 25.2 Å². The predicted octanol–water partition coefficient (Wildman–Crippen LogP) is 2.87. The van der Waals surface area contributed by atoms with Crippen LogP contribution in [0.1, 0.15) is 28.3 Å². The Bertz CT molecular complexity index is 685. The number of hydrogen-bond donors (Lipinski definition) is 1. The number of ether oxygens (including phenoxy) is 1. The van der Waals surface area contributed by atoms with Gasteiger partial charge < -0.3 is 10.5 Å². The second kappa shape index (κ2) is 5.63. The number of nitro benzene ring substituents is 1. The molecule has 1 aliphatic rings. The molecular weight excluding hydrogens is 268 g/mol. The van der Waals surface area contributed by atoms with Crippen molar-refractivity contribution in [1.82, 2.24) is 0 Å². The predicted molar refractivity (Wildman–Crippen MR) is 78.7 cm³/mol. The summed E-state index contributed by atoms with van der Waals surface area (Å²) in [7, 11) is 0. The zero-order valence-electron chi connectivity index (χ0n) is 11.5. The van der Waals surface area contributed by atoms with E-state index in [4.69, 9.17) is 10.5 Å². The average Bonchev–Trinajstić information content (AvgIpc) is 2.94. The third-order valence-corrected chi connectivity index (χ3v) is 3.80. The Balaban J connectivity index is 1.83. The van der Waals surface area contributed by atoms with Crippen molar-refractivity contribution in [1.29, 1.82) is 0 Å². The summed E-state index contributed by atoms with van der Waals surface area (Å²) in [6.07, 6.45) is 0.441. The lowest BCUT2D eigenvalue weighted by Gasteiger charge is -2.13. The number of nitrogens with two attached hydrogens (primary N) is 1. The lowest BCUT2D eigenvalue weighted by atomic mass is 9.96. The molecule has 0 bridgehead atoms. The molecule has 0 saturated carbocycles. The number of rotatable bonds is 4. The molecule has 0 spiro atoms. The van der Waals surface area contributed by atoms with Gasteiger partial charge in [-0.15, -0.1) is 0 Å². The van der Waals surface area contributed by atoms with Gasteiger partial charge in [-0.1, -0.05) is 36.4 Å². The monoisotopic (exact) mass is 284 g/mol. The van der Waals surface area contributed by atoms with Gasteiger partial charge in [0.15, 0.2) is 0 Å². The molecule has 5 nitrogen and oxygen atoms in total. The van der Waals surface area contributed by atoms with E-state index in [1.807, 2.05) is 18.2 Å². The number of para-hydroxylation sites is 1. The summed E-state index contributed by atoms with van der Waals surface area (Å²) in [5.74, 6) is 0. The quantitative estimate of drug-likeness (QED) is 0.691. The average molecular weight is 284 g/mol. The molecule has 0 aliphatic carbocycles. The minimum atomic E-state index is -0.363. The largest absolute Gasteiger partial charge is 0.372 e. The summed E-state index contributed by atoms with van der Waals surface area (Å²) in [5, 5.41) is 11.0. The fourth-order valence-electron chi connectivity index (χ4n) is 2.64. The highest BCUT2D eigenvalue weighted by Gasteiger charge is 2.18. The first kappa shape index (κ1) is 13.7. The van der Waals surface area contributed by atoms with Crippen molar-refractivity contribution in [2.45, 2.75) is 25.7 Å². The Morgan fingerprint density at radius 1 is 1.19 bits per heavy atom. The van der Waals surface area contributed by atoms with E-state index >= 15 is 0 Å². The van der Waals surface area contributed by atoms with Crippen LogP contribution in [0.4, 0.5) is 5.69 Å². The zero-order chi connectivity index (χ0) is 14.8. The lowest BCUT2D eigenvalue weighted by Crippen LogP contribution is -2.14.